The standard InChI is InChI=1S/C13H19NO2S/c1-4-14(3)13(16)9-17-12-7-5-11(6-8-12)10(2)15/h5-8,10,15H,4,9H2,1-3H3/t10-/m0/s1. The summed E-state index contributed by atoms with van der Waals surface area (Å²) < 4.78 is 0. The zero-order chi connectivity index (χ0) is 12.8. The van der Waals surface area contributed by atoms with Gasteiger partial charge in [-0.25, -0.2) is 0 Å². The predicted octanol–water partition coefficient (Wildman–Crippen LogP) is 2.31. The Kier molecular flexibility index (Phi) is 5.51. The molecule has 17 heavy (non-hydrogen) atoms. The highest BCUT2D eigenvalue weighted by Gasteiger charge is 2.07. The second-order valence-electron chi connectivity index (χ2n) is 3.94. The van der Waals surface area contributed by atoms with Gasteiger partial charge in [-0.3, -0.25) is 4.79 Å². The topological polar surface area (TPSA) is 40.5 Å². The molecule has 3 nitrogen and oxygen atoms in total. The van der Waals surface area contributed by atoms with Gasteiger partial charge in [0.1, 0.15) is 0 Å². The molecule has 0 saturated carbocycles. The van der Waals surface area contributed by atoms with Crippen molar-refractivity contribution < 1.29 is 9.90 Å². The van der Waals surface area contributed by atoms with Gasteiger partial charge in [-0.15, -0.1) is 11.8 Å². The molecular formula is C13H19NO2S. The van der Waals surface area contributed by atoms with Gasteiger partial charge < -0.3 is 10.0 Å². The Labute approximate surface area is 107 Å². The van der Waals surface area contributed by atoms with Gasteiger partial charge in [0.05, 0.1) is 11.9 Å². The lowest BCUT2D eigenvalue weighted by Gasteiger charge is -2.14. The average Bonchev–Trinajstić information content (AvgIpc) is 2.35. The van der Waals surface area contributed by atoms with Crippen molar-refractivity contribution in [1.29, 1.82) is 0 Å². The van der Waals surface area contributed by atoms with Crippen LogP contribution in [0.5, 0.6) is 0 Å². The summed E-state index contributed by atoms with van der Waals surface area (Å²) in [5, 5.41) is 9.37. The summed E-state index contributed by atoms with van der Waals surface area (Å²) in [5.41, 5.74) is 0.895. The van der Waals surface area contributed by atoms with E-state index >= 15 is 0 Å². The molecule has 1 aromatic carbocycles. The monoisotopic (exact) mass is 253 g/mol. The number of aliphatic hydroxyl groups is 1. The lowest BCUT2D eigenvalue weighted by Crippen LogP contribution is -2.27. The van der Waals surface area contributed by atoms with E-state index in [0.717, 1.165) is 17.0 Å². The van der Waals surface area contributed by atoms with Crippen LogP contribution in [0.15, 0.2) is 29.2 Å². The maximum Gasteiger partial charge on any atom is 0.232 e. The lowest BCUT2D eigenvalue weighted by atomic mass is 10.1. The van der Waals surface area contributed by atoms with Crippen LogP contribution in [0.1, 0.15) is 25.5 Å². The van der Waals surface area contributed by atoms with Crippen molar-refractivity contribution in [2.45, 2.75) is 24.8 Å². The first kappa shape index (κ1) is 14.1. The van der Waals surface area contributed by atoms with Gasteiger partial charge in [0.15, 0.2) is 0 Å². The number of hydrogen-bond acceptors (Lipinski definition) is 3. The maximum absolute atomic E-state index is 11.6. The number of thioether (sulfide) groups is 1. The molecule has 0 fully saturated rings. The minimum absolute atomic E-state index is 0.136. The summed E-state index contributed by atoms with van der Waals surface area (Å²) >= 11 is 1.52. The number of amides is 1. The highest BCUT2D eigenvalue weighted by Crippen LogP contribution is 2.21. The maximum atomic E-state index is 11.6. The number of carbonyl (C=O) groups is 1. The van der Waals surface area contributed by atoms with Crippen LogP contribution in [0.2, 0.25) is 0 Å². The highest BCUT2D eigenvalue weighted by molar-refractivity contribution is 8.00. The third kappa shape index (κ3) is 4.40. The van der Waals surface area contributed by atoms with Crippen molar-refractivity contribution in [2.24, 2.45) is 0 Å². The van der Waals surface area contributed by atoms with E-state index in [1.165, 1.54) is 11.8 Å². The molecule has 1 aromatic rings. The molecule has 0 unspecified atom stereocenters. The van der Waals surface area contributed by atoms with Crippen LogP contribution < -0.4 is 0 Å². The van der Waals surface area contributed by atoms with Crippen molar-refractivity contribution in [3.05, 3.63) is 29.8 Å². The van der Waals surface area contributed by atoms with Gasteiger partial charge >= 0.3 is 0 Å². The Morgan fingerprint density at radius 1 is 1.41 bits per heavy atom. The molecule has 4 heteroatoms. The molecule has 0 spiro atoms. The van der Waals surface area contributed by atoms with Crippen molar-refractivity contribution in [1.82, 2.24) is 4.90 Å². The number of rotatable bonds is 5. The van der Waals surface area contributed by atoms with Crippen LogP contribution >= 0.6 is 11.8 Å². The van der Waals surface area contributed by atoms with Gasteiger partial charge in [-0.05, 0) is 31.5 Å². The van der Waals surface area contributed by atoms with Crippen LogP contribution in [-0.4, -0.2) is 35.3 Å². The summed E-state index contributed by atoms with van der Waals surface area (Å²) in [5.74, 6) is 0.593. The second-order valence-corrected chi connectivity index (χ2v) is 4.99. The minimum Gasteiger partial charge on any atom is -0.389 e. The van der Waals surface area contributed by atoms with Gasteiger partial charge in [0.25, 0.3) is 0 Å². The van der Waals surface area contributed by atoms with Crippen LogP contribution in [0.25, 0.3) is 0 Å². The smallest absolute Gasteiger partial charge is 0.232 e. The molecule has 0 aliphatic heterocycles. The fourth-order valence-electron chi connectivity index (χ4n) is 1.27. The molecule has 0 radical (unpaired) electrons. The second kappa shape index (κ2) is 6.67. The third-order valence-corrected chi connectivity index (χ3v) is 3.62. The fourth-order valence-corrected chi connectivity index (χ4v) is 2.11. The van der Waals surface area contributed by atoms with Crippen LogP contribution in [-0.2, 0) is 4.79 Å². The van der Waals surface area contributed by atoms with E-state index in [1.807, 2.05) is 31.2 Å². The first-order valence-corrected chi connectivity index (χ1v) is 6.68. The Balaban J connectivity index is 2.50. The summed E-state index contributed by atoms with van der Waals surface area (Å²) in [6, 6.07) is 7.65. The predicted molar refractivity (Wildman–Crippen MR) is 71.1 cm³/mol. The van der Waals surface area contributed by atoms with Crippen molar-refractivity contribution in [2.75, 3.05) is 19.3 Å². The molecule has 1 atom stereocenters. The highest BCUT2D eigenvalue weighted by atomic mass is 32.2. The zero-order valence-corrected chi connectivity index (χ0v) is 11.3. The van der Waals surface area contributed by atoms with E-state index in [2.05, 4.69) is 0 Å². The van der Waals surface area contributed by atoms with Gasteiger partial charge in [0, 0.05) is 18.5 Å². The van der Waals surface area contributed by atoms with Gasteiger partial charge in [-0.1, -0.05) is 12.1 Å². The largest absolute Gasteiger partial charge is 0.389 e. The molecule has 1 N–H and O–H groups in total. The Morgan fingerprint density at radius 2 is 2.00 bits per heavy atom. The quantitative estimate of drug-likeness (QED) is 0.819. The number of carbonyl (C=O) groups excluding carboxylic acids is 1. The van der Waals surface area contributed by atoms with Crippen LogP contribution in [0.4, 0.5) is 0 Å². The summed E-state index contributed by atoms with van der Waals surface area (Å²) in [6.45, 7) is 4.43. The third-order valence-electron chi connectivity index (χ3n) is 2.62. The van der Waals surface area contributed by atoms with E-state index < -0.39 is 6.10 Å². The van der Waals surface area contributed by atoms with Crippen molar-refractivity contribution in [3.8, 4) is 0 Å². The lowest BCUT2D eigenvalue weighted by molar-refractivity contribution is -0.126. The van der Waals surface area contributed by atoms with E-state index in [0.29, 0.717) is 5.75 Å². The molecule has 0 heterocycles. The van der Waals surface area contributed by atoms with Crippen molar-refractivity contribution in [3.63, 3.8) is 0 Å². The molecule has 0 aromatic heterocycles. The molecule has 0 aliphatic carbocycles. The molecular weight excluding hydrogens is 234 g/mol. The van der Waals surface area contributed by atoms with Crippen LogP contribution in [0, 0.1) is 0 Å². The van der Waals surface area contributed by atoms with E-state index in [-0.39, 0.29) is 5.91 Å². The number of aliphatic hydroxyl groups excluding tert-OH is 1. The molecule has 0 bridgehead atoms. The summed E-state index contributed by atoms with van der Waals surface area (Å²) in [4.78, 5) is 14.3. The summed E-state index contributed by atoms with van der Waals surface area (Å²) in [7, 11) is 1.80. The zero-order valence-electron chi connectivity index (χ0n) is 10.5. The number of hydrogen-bond donors (Lipinski definition) is 1. The molecule has 1 rings (SSSR count). The van der Waals surface area contributed by atoms with E-state index in [4.69, 9.17) is 0 Å². The number of benzene rings is 1. The van der Waals surface area contributed by atoms with Gasteiger partial charge in [-0.2, -0.15) is 0 Å². The fraction of sp³-hybridized carbons (Fsp3) is 0.462. The van der Waals surface area contributed by atoms with Crippen molar-refractivity contribution >= 4 is 17.7 Å². The van der Waals surface area contributed by atoms with Gasteiger partial charge in [0.2, 0.25) is 5.91 Å². The minimum atomic E-state index is -0.443. The average molecular weight is 253 g/mol. The first-order valence-electron chi connectivity index (χ1n) is 5.69. The molecule has 0 aliphatic rings. The number of nitrogens with zero attached hydrogens (tertiary/aromatic N) is 1. The van der Waals surface area contributed by atoms with E-state index in [1.54, 1.807) is 18.9 Å². The van der Waals surface area contributed by atoms with E-state index in [9.17, 15) is 9.90 Å². The Morgan fingerprint density at radius 3 is 2.47 bits per heavy atom. The Bertz CT molecular complexity index is 362. The SMILES string of the molecule is CCN(C)C(=O)CSc1ccc([C@H](C)O)cc1. The first-order chi connectivity index (χ1) is 8.04. The summed E-state index contributed by atoms with van der Waals surface area (Å²) in [6.07, 6.45) is -0.443. The normalized spacial score (nSPS) is 12.2. The molecule has 94 valence electrons. The Hall–Kier alpha value is -1.00. The molecule has 1 amide bonds. The van der Waals surface area contributed by atoms with Crippen LogP contribution in [0.3, 0.4) is 0 Å². The molecule has 0 saturated heterocycles.